The van der Waals surface area contributed by atoms with Gasteiger partial charge in [0.15, 0.2) is 18.9 Å². The maximum absolute atomic E-state index is 13.4. The van der Waals surface area contributed by atoms with Crippen molar-refractivity contribution in [2.45, 2.75) is 369 Å². The van der Waals surface area contributed by atoms with Crippen molar-refractivity contribution in [2.75, 3.05) is 26.4 Å². The maximum Gasteiger partial charge on any atom is 0.220 e. The zero-order valence-corrected chi connectivity index (χ0v) is 54.5. The number of rotatable bonds is 54. The molecule has 19 nitrogen and oxygen atoms in total. The van der Waals surface area contributed by atoms with Crippen LogP contribution < -0.4 is 5.32 Å². The molecule has 88 heavy (non-hydrogen) atoms. The van der Waals surface area contributed by atoms with Crippen LogP contribution in [0.3, 0.4) is 0 Å². The lowest BCUT2D eigenvalue weighted by Crippen LogP contribution is -2.66. The van der Waals surface area contributed by atoms with Gasteiger partial charge in [0.2, 0.25) is 5.91 Å². The van der Waals surface area contributed by atoms with Gasteiger partial charge in [-0.05, 0) is 57.8 Å². The molecule has 1 amide bonds. The number of unbranched alkanes of at least 4 members (excludes halogenated alkanes) is 34. The van der Waals surface area contributed by atoms with Crippen molar-refractivity contribution < 1.29 is 89.4 Å². The second-order valence-corrected chi connectivity index (χ2v) is 25.3. The Kier molecular flexibility index (Phi) is 46.9. The van der Waals surface area contributed by atoms with E-state index in [2.05, 4.69) is 43.5 Å². The van der Waals surface area contributed by atoms with Crippen molar-refractivity contribution in [1.82, 2.24) is 5.32 Å². The van der Waals surface area contributed by atoms with Gasteiger partial charge in [0.1, 0.15) is 73.2 Å². The Morgan fingerprint density at radius 2 is 0.727 bits per heavy atom. The summed E-state index contributed by atoms with van der Waals surface area (Å²) in [6, 6.07) is -0.988. The molecule has 0 radical (unpaired) electrons. The van der Waals surface area contributed by atoms with Crippen LogP contribution >= 0.6 is 0 Å². The zero-order valence-electron chi connectivity index (χ0n) is 54.5. The summed E-state index contributed by atoms with van der Waals surface area (Å²) < 4.78 is 34.3. The molecule has 0 bridgehead atoms. The van der Waals surface area contributed by atoms with E-state index in [1.807, 2.05) is 6.08 Å². The Balaban J connectivity index is 1.42. The lowest BCUT2D eigenvalue weighted by atomic mass is 9.96. The molecular weight excluding hydrogens is 1130 g/mol. The van der Waals surface area contributed by atoms with Gasteiger partial charge in [-0.3, -0.25) is 4.79 Å². The minimum atomic E-state index is -1.98. The van der Waals surface area contributed by atoms with Crippen LogP contribution in [0.15, 0.2) is 36.5 Å². The van der Waals surface area contributed by atoms with Crippen molar-refractivity contribution in [3.63, 3.8) is 0 Å². The van der Waals surface area contributed by atoms with E-state index < -0.39 is 124 Å². The van der Waals surface area contributed by atoms with Gasteiger partial charge >= 0.3 is 0 Å². The monoisotopic (exact) mass is 1260 g/mol. The summed E-state index contributed by atoms with van der Waals surface area (Å²) in [7, 11) is 0. The quantitative estimate of drug-likeness (QED) is 0.0199. The first-order chi connectivity index (χ1) is 42.8. The molecule has 516 valence electrons. The smallest absolute Gasteiger partial charge is 0.220 e. The SMILES string of the molecule is CCCCCCCCCC/C=C\CCCCCCCCCCCCCCCCCC(=O)NC(COC1OC(CO)C(OC2OC(CO)C(OC3OC(CO)C(O)C(O)C3O)C(O)C2O)C(O)C1O)C(O)/C=C/CC/C=C/CCCCCCCCCCCC. The van der Waals surface area contributed by atoms with Crippen LogP contribution in [0.5, 0.6) is 0 Å². The fourth-order valence-corrected chi connectivity index (χ4v) is 11.9. The van der Waals surface area contributed by atoms with Crippen molar-refractivity contribution in [3.05, 3.63) is 36.5 Å². The molecule has 0 spiro atoms. The van der Waals surface area contributed by atoms with E-state index in [9.17, 15) is 61.0 Å². The highest BCUT2D eigenvalue weighted by atomic mass is 16.8. The number of amides is 1. The van der Waals surface area contributed by atoms with Gasteiger partial charge < -0.3 is 89.9 Å². The molecule has 19 heteroatoms. The van der Waals surface area contributed by atoms with Crippen LogP contribution in [0, 0.1) is 0 Å². The number of aliphatic hydroxyl groups is 11. The topological polar surface area (TPSA) is 307 Å². The number of ether oxygens (including phenoxy) is 6. The van der Waals surface area contributed by atoms with E-state index in [0.717, 1.165) is 38.5 Å². The summed E-state index contributed by atoms with van der Waals surface area (Å²) in [5, 5.41) is 120. The van der Waals surface area contributed by atoms with Gasteiger partial charge in [0.05, 0.1) is 38.6 Å². The van der Waals surface area contributed by atoms with E-state index in [-0.39, 0.29) is 18.9 Å². The maximum atomic E-state index is 13.4. The van der Waals surface area contributed by atoms with E-state index in [4.69, 9.17) is 28.4 Å². The Bertz CT molecular complexity index is 1740. The molecule has 3 aliphatic rings. The van der Waals surface area contributed by atoms with Crippen LogP contribution in [0.4, 0.5) is 0 Å². The Morgan fingerprint density at radius 3 is 1.14 bits per heavy atom. The molecule has 12 N–H and O–H groups in total. The van der Waals surface area contributed by atoms with E-state index >= 15 is 0 Å². The van der Waals surface area contributed by atoms with Crippen molar-refractivity contribution in [2.24, 2.45) is 0 Å². The number of aliphatic hydroxyl groups excluding tert-OH is 11. The van der Waals surface area contributed by atoms with E-state index in [1.165, 1.54) is 193 Å². The minimum Gasteiger partial charge on any atom is -0.394 e. The van der Waals surface area contributed by atoms with Crippen LogP contribution in [-0.2, 0) is 33.2 Å². The average molecular weight is 1260 g/mol. The molecule has 0 aromatic rings. The van der Waals surface area contributed by atoms with Crippen LogP contribution in [0.2, 0.25) is 0 Å². The first-order valence-electron chi connectivity index (χ1n) is 35.2. The van der Waals surface area contributed by atoms with E-state index in [1.54, 1.807) is 6.08 Å². The second kappa shape index (κ2) is 51.4. The predicted octanol–water partition coefficient (Wildman–Crippen LogP) is 9.22. The normalized spacial score (nSPS) is 28.6. The fraction of sp³-hybridized carbons (Fsp3) is 0.899. The second-order valence-electron chi connectivity index (χ2n) is 25.3. The first kappa shape index (κ1) is 80.2. The van der Waals surface area contributed by atoms with Gasteiger partial charge in [-0.1, -0.05) is 237 Å². The number of nitrogens with one attached hydrogen (secondary N) is 1. The summed E-state index contributed by atoms with van der Waals surface area (Å²) in [6.45, 7) is 1.73. The molecule has 3 fully saturated rings. The van der Waals surface area contributed by atoms with Crippen molar-refractivity contribution in [1.29, 1.82) is 0 Å². The van der Waals surface area contributed by atoms with Crippen LogP contribution in [0.25, 0.3) is 0 Å². The lowest BCUT2D eigenvalue weighted by molar-refractivity contribution is -0.379. The Labute approximate surface area is 530 Å². The molecule has 3 rings (SSSR count). The summed E-state index contributed by atoms with van der Waals surface area (Å²) in [5.41, 5.74) is 0. The molecule has 3 saturated heterocycles. The highest BCUT2D eigenvalue weighted by Gasteiger charge is 2.53. The lowest BCUT2D eigenvalue weighted by Gasteiger charge is -2.48. The number of hydrogen-bond acceptors (Lipinski definition) is 18. The predicted molar refractivity (Wildman–Crippen MR) is 342 cm³/mol. The van der Waals surface area contributed by atoms with Gasteiger partial charge in [0, 0.05) is 6.42 Å². The van der Waals surface area contributed by atoms with Gasteiger partial charge in [-0.15, -0.1) is 0 Å². The Morgan fingerprint density at radius 1 is 0.398 bits per heavy atom. The van der Waals surface area contributed by atoms with E-state index in [0.29, 0.717) is 12.8 Å². The molecule has 17 atom stereocenters. The number of allylic oxidation sites excluding steroid dienone is 5. The Hall–Kier alpha value is -1.99. The number of carbonyl (C=O) groups excluding carboxylic acids is 1. The molecule has 0 aromatic heterocycles. The number of carbonyl (C=O) groups is 1. The highest BCUT2D eigenvalue weighted by molar-refractivity contribution is 5.76. The molecule has 3 aliphatic heterocycles. The van der Waals surface area contributed by atoms with Crippen molar-refractivity contribution >= 4 is 5.91 Å². The summed E-state index contributed by atoms with van der Waals surface area (Å²) in [4.78, 5) is 13.4. The molecular formula is C69H127NO18. The summed E-state index contributed by atoms with van der Waals surface area (Å²) in [6.07, 6.45) is 32.7. The first-order valence-corrected chi connectivity index (χ1v) is 35.2. The number of hydrogen-bond donors (Lipinski definition) is 12. The summed E-state index contributed by atoms with van der Waals surface area (Å²) >= 11 is 0. The fourth-order valence-electron chi connectivity index (χ4n) is 11.9. The van der Waals surface area contributed by atoms with Crippen LogP contribution in [-0.4, -0.2) is 193 Å². The minimum absolute atomic E-state index is 0.238. The highest BCUT2D eigenvalue weighted by Crippen LogP contribution is 2.33. The molecule has 0 aromatic carbocycles. The van der Waals surface area contributed by atoms with Gasteiger partial charge in [-0.2, -0.15) is 0 Å². The van der Waals surface area contributed by atoms with Gasteiger partial charge in [-0.25, -0.2) is 0 Å². The zero-order chi connectivity index (χ0) is 64.0. The molecule has 0 aliphatic carbocycles. The van der Waals surface area contributed by atoms with Crippen molar-refractivity contribution in [3.8, 4) is 0 Å². The summed E-state index contributed by atoms with van der Waals surface area (Å²) in [5.74, 6) is -0.283. The third-order valence-electron chi connectivity index (χ3n) is 17.7. The van der Waals surface area contributed by atoms with Crippen LogP contribution in [0.1, 0.15) is 264 Å². The standard InChI is InChI=1S/C69H127NO18/c1-3-5-7-9-11-13-15-17-19-21-22-23-24-25-26-27-28-29-30-31-33-35-37-39-41-43-45-47-57(75)70-52(53(74)46-44-42-40-38-36-34-32-20-18-16-14-12-10-8-6-4-2)51-83-67-63(81)60(78)65(55(49-72)85-67)88-69-64(82)61(79)66(56(50-73)86-69)87-68-62(80)59(77)58(76)54(48-71)84-68/h21-22,36,38,44,46,52-56,58-69,71-74,76-82H,3-20,23-35,37,39-43,45,47-51H2,1-2H3,(H,70,75)/b22-21-,38-36+,46-44+. The molecule has 3 heterocycles. The average Bonchev–Trinajstić information content (AvgIpc) is 3.39. The third-order valence-corrected chi connectivity index (χ3v) is 17.7. The molecule has 17 unspecified atom stereocenters. The molecule has 0 saturated carbocycles. The third kappa shape index (κ3) is 33.2. The largest absolute Gasteiger partial charge is 0.394 e. The van der Waals surface area contributed by atoms with Gasteiger partial charge in [0.25, 0.3) is 0 Å².